The number of hydrazine groups is 1. The molecule has 108 valence electrons. The Morgan fingerprint density at radius 1 is 1.20 bits per heavy atom. The summed E-state index contributed by atoms with van der Waals surface area (Å²) in [6.45, 7) is 2.04. The smallest absolute Gasteiger partial charge is 0.124 e. The summed E-state index contributed by atoms with van der Waals surface area (Å²) >= 11 is 0. The maximum absolute atomic E-state index is 5.75. The number of rotatable bonds is 6. The molecule has 1 atom stereocenters. The Kier molecular flexibility index (Phi) is 4.65. The van der Waals surface area contributed by atoms with Gasteiger partial charge in [0.2, 0.25) is 0 Å². The van der Waals surface area contributed by atoms with Gasteiger partial charge in [-0.25, -0.2) is 5.43 Å². The highest BCUT2D eigenvalue weighted by Gasteiger charge is 2.22. The number of furan rings is 1. The number of methoxy groups -OCH3 is 2. The summed E-state index contributed by atoms with van der Waals surface area (Å²) in [4.78, 5) is 0. The molecule has 0 aliphatic heterocycles. The Morgan fingerprint density at radius 3 is 2.60 bits per heavy atom. The van der Waals surface area contributed by atoms with Gasteiger partial charge in [0, 0.05) is 17.5 Å². The van der Waals surface area contributed by atoms with Crippen LogP contribution in [0.5, 0.6) is 11.5 Å². The van der Waals surface area contributed by atoms with Gasteiger partial charge in [0.05, 0.1) is 26.5 Å². The SMILES string of the molecule is CCc1occc1C(NN)c1cc(OC)ccc1OC. The predicted octanol–water partition coefficient (Wildman–Crippen LogP) is 2.41. The van der Waals surface area contributed by atoms with Crippen molar-refractivity contribution < 1.29 is 13.9 Å². The predicted molar refractivity (Wildman–Crippen MR) is 76.8 cm³/mol. The Hall–Kier alpha value is -1.98. The lowest BCUT2D eigenvalue weighted by Crippen LogP contribution is -2.29. The van der Waals surface area contributed by atoms with Gasteiger partial charge in [0.1, 0.15) is 17.3 Å². The summed E-state index contributed by atoms with van der Waals surface area (Å²) in [6, 6.07) is 7.34. The molecule has 2 rings (SSSR count). The molecular formula is C15H20N2O3. The van der Waals surface area contributed by atoms with Crippen LogP contribution in [0, 0.1) is 0 Å². The normalized spacial score (nSPS) is 12.2. The van der Waals surface area contributed by atoms with Crippen LogP contribution in [0.1, 0.15) is 29.9 Å². The molecule has 1 heterocycles. The van der Waals surface area contributed by atoms with Crippen molar-refractivity contribution in [2.45, 2.75) is 19.4 Å². The zero-order valence-corrected chi connectivity index (χ0v) is 12.0. The van der Waals surface area contributed by atoms with E-state index in [4.69, 9.17) is 19.7 Å². The Morgan fingerprint density at radius 2 is 2.00 bits per heavy atom. The lowest BCUT2D eigenvalue weighted by Gasteiger charge is -2.20. The van der Waals surface area contributed by atoms with E-state index in [2.05, 4.69) is 5.43 Å². The maximum atomic E-state index is 5.75. The third kappa shape index (κ3) is 2.64. The number of nitrogens with one attached hydrogen (secondary N) is 1. The highest BCUT2D eigenvalue weighted by molar-refractivity contribution is 5.46. The van der Waals surface area contributed by atoms with E-state index in [1.807, 2.05) is 31.2 Å². The second-order valence-corrected chi connectivity index (χ2v) is 4.36. The lowest BCUT2D eigenvalue weighted by atomic mass is 9.97. The van der Waals surface area contributed by atoms with Crippen molar-refractivity contribution in [3.8, 4) is 11.5 Å². The van der Waals surface area contributed by atoms with E-state index in [9.17, 15) is 0 Å². The summed E-state index contributed by atoms with van der Waals surface area (Å²) in [5.41, 5.74) is 4.74. The quantitative estimate of drug-likeness (QED) is 0.626. The third-order valence-corrected chi connectivity index (χ3v) is 3.33. The molecule has 5 heteroatoms. The minimum absolute atomic E-state index is 0.214. The van der Waals surface area contributed by atoms with Gasteiger partial charge in [-0.3, -0.25) is 5.84 Å². The molecule has 0 fully saturated rings. The van der Waals surface area contributed by atoms with Crippen LogP contribution in [0.3, 0.4) is 0 Å². The van der Waals surface area contributed by atoms with Crippen LogP contribution in [0.2, 0.25) is 0 Å². The summed E-state index contributed by atoms with van der Waals surface area (Å²) in [7, 11) is 3.26. The van der Waals surface area contributed by atoms with Gasteiger partial charge in [-0.15, -0.1) is 0 Å². The highest BCUT2D eigenvalue weighted by atomic mass is 16.5. The molecule has 0 spiro atoms. The second-order valence-electron chi connectivity index (χ2n) is 4.36. The van der Waals surface area contributed by atoms with Crippen molar-refractivity contribution in [2.24, 2.45) is 5.84 Å². The van der Waals surface area contributed by atoms with Crippen molar-refractivity contribution in [3.05, 3.63) is 47.4 Å². The average molecular weight is 276 g/mol. The van der Waals surface area contributed by atoms with Crippen LogP contribution in [0.4, 0.5) is 0 Å². The van der Waals surface area contributed by atoms with E-state index in [0.29, 0.717) is 0 Å². The summed E-state index contributed by atoms with van der Waals surface area (Å²) in [5, 5.41) is 0. The van der Waals surface area contributed by atoms with Gasteiger partial charge in [-0.1, -0.05) is 6.92 Å². The third-order valence-electron chi connectivity index (χ3n) is 3.33. The number of hydrogen-bond donors (Lipinski definition) is 2. The van der Waals surface area contributed by atoms with Gasteiger partial charge in [0.15, 0.2) is 0 Å². The van der Waals surface area contributed by atoms with Crippen LogP contribution in [-0.2, 0) is 6.42 Å². The van der Waals surface area contributed by atoms with Gasteiger partial charge in [0.25, 0.3) is 0 Å². The minimum Gasteiger partial charge on any atom is -0.497 e. The topological polar surface area (TPSA) is 69.7 Å². The van der Waals surface area contributed by atoms with E-state index in [1.54, 1.807) is 20.5 Å². The van der Waals surface area contributed by atoms with Crippen LogP contribution < -0.4 is 20.7 Å². The zero-order chi connectivity index (χ0) is 14.5. The standard InChI is InChI=1S/C15H20N2O3/c1-4-13-11(7-8-20-13)15(17-16)12-9-10(18-2)5-6-14(12)19-3/h5-9,15,17H,4,16H2,1-3H3. The van der Waals surface area contributed by atoms with Gasteiger partial charge in [-0.2, -0.15) is 0 Å². The molecule has 3 N–H and O–H groups in total. The first kappa shape index (κ1) is 14.4. The van der Waals surface area contributed by atoms with E-state index in [1.165, 1.54) is 0 Å². The number of ether oxygens (including phenoxy) is 2. The molecule has 1 aromatic heterocycles. The molecule has 20 heavy (non-hydrogen) atoms. The molecule has 5 nitrogen and oxygen atoms in total. The monoisotopic (exact) mass is 276 g/mol. The van der Waals surface area contributed by atoms with Crippen molar-refractivity contribution in [1.29, 1.82) is 0 Å². The van der Waals surface area contributed by atoms with Crippen LogP contribution in [-0.4, -0.2) is 14.2 Å². The summed E-state index contributed by atoms with van der Waals surface area (Å²) in [6.07, 6.45) is 2.47. The summed E-state index contributed by atoms with van der Waals surface area (Å²) < 4.78 is 16.2. The average Bonchev–Trinajstić information content (AvgIpc) is 2.96. The first-order valence-corrected chi connectivity index (χ1v) is 6.49. The first-order valence-electron chi connectivity index (χ1n) is 6.49. The fourth-order valence-electron chi connectivity index (χ4n) is 2.31. The molecule has 0 saturated carbocycles. The van der Waals surface area contributed by atoms with Crippen LogP contribution >= 0.6 is 0 Å². The van der Waals surface area contributed by atoms with E-state index in [-0.39, 0.29) is 6.04 Å². The molecule has 1 aromatic carbocycles. The van der Waals surface area contributed by atoms with Crippen molar-refractivity contribution in [3.63, 3.8) is 0 Å². The van der Waals surface area contributed by atoms with Gasteiger partial charge >= 0.3 is 0 Å². The minimum atomic E-state index is -0.214. The molecule has 0 aliphatic rings. The van der Waals surface area contributed by atoms with Gasteiger partial charge in [-0.05, 0) is 24.3 Å². The Labute approximate surface area is 118 Å². The number of benzene rings is 1. The van der Waals surface area contributed by atoms with E-state index in [0.717, 1.165) is 34.8 Å². The molecule has 0 bridgehead atoms. The van der Waals surface area contributed by atoms with Crippen molar-refractivity contribution >= 4 is 0 Å². The number of nitrogens with two attached hydrogens (primary N) is 1. The lowest BCUT2D eigenvalue weighted by molar-refractivity contribution is 0.393. The molecule has 0 radical (unpaired) electrons. The highest BCUT2D eigenvalue weighted by Crippen LogP contribution is 2.34. The molecular weight excluding hydrogens is 256 g/mol. The Bertz CT molecular complexity index is 566. The van der Waals surface area contributed by atoms with E-state index < -0.39 is 0 Å². The molecule has 0 saturated heterocycles. The fraction of sp³-hybridized carbons (Fsp3) is 0.333. The van der Waals surface area contributed by atoms with Crippen molar-refractivity contribution in [1.82, 2.24) is 5.43 Å². The van der Waals surface area contributed by atoms with Crippen molar-refractivity contribution in [2.75, 3.05) is 14.2 Å². The van der Waals surface area contributed by atoms with Crippen LogP contribution in [0.25, 0.3) is 0 Å². The van der Waals surface area contributed by atoms with Gasteiger partial charge < -0.3 is 13.9 Å². The largest absolute Gasteiger partial charge is 0.497 e. The molecule has 0 amide bonds. The van der Waals surface area contributed by atoms with E-state index >= 15 is 0 Å². The maximum Gasteiger partial charge on any atom is 0.124 e. The molecule has 0 aliphatic carbocycles. The Balaban J connectivity index is 2.50. The fourth-order valence-corrected chi connectivity index (χ4v) is 2.31. The molecule has 1 unspecified atom stereocenters. The van der Waals surface area contributed by atoms with Crippen LogP contribution in [0.15, 0.2) is 34.9 Å². The first-order chi connectivity index (χ1) is 9.74. The number of aryl methyl sites for hydroxylation is 1. The number of hydrogen-bond acceptors (Lipinski definition) is 5. The molecule has 2 aromatic rings. The summed E-state index contributed by atoms with van der Waals surface area (Å²) in [5.74, 6) is 8.15. The zero-order valence-electron chi connectivity index (χ0n) is 12.0. The second kappa shape index (κ2) is 6.45.